The number of aliphatic hydroxyl groups is 1. The highest BCUT2D eigenvalue weighted by Crippen LogP contribution is 1.90. The Bertz CT molecular complexity index is 63.1. The lowest BCUT2D eigenvalue weighted by molar-refractivity contribution is 0.253. The van der Waals surface area contributed by atoms with Crippen LogP contribution in [-0.4, -0.2) is 43.9 Å². The average molecular weight is 162 g/mol. The zero-order valence-electron chi connectivity index (χ0n) is 8.39. The number of nitrogens with one attached hydrogen (secondary N) is 1. The highest BCUT2D eigenvalue weighted by Gasteiger charge is 2.01. The number of rotatable bonds is 3. The first-order valence-electron chi connectivity index (χ1n) is 4.08. The molecule has 0 spiro atoms. The molecule has 1 atom stereocenters. The van der Waals surface area contributed by atoms with Gasteiger partial charge in [-0.2, -0.15) is 0 Å². The first-order chi connectivity index (χ1) is 5.13. The Balaban J connectivity index is 0. The van der Waals surface area contributed by atoms with E-state index < -0.39 is 0 Å². The Hall–Kier alpha value is -0.120. The lowest BCUT2D eigenvalue weighted by atomic mass is 10.3. The molecule has 0 rings (SSSR count). The van der Waals surface area contributed by atoms with Crippen molar-refractivity contribution in [1.82, 2.24) is 10.2 Å². The summed E-state index contributed by atoms with van der Waals surface area (Å²) in [6.45, 7) is 4.10. The number of hydrogen-bond donors (Lipinski definition) is 2. The summed E-state index contributed by atoms with van der Waals surface area (Å²) in [6.07, 6.45) is 1.69. The molecular formula is C8H22N2O. The molecule has 11 heavy (non-hydrogen) atoms. The van der Waals surface area contributed by atoms with Crippen LogP contribution in [0.1, 0.15) is 20.3 Å². The Morgan fingerprint density at radius 1 is 1.36 bits per heavy atom. The zero-order chi connectivity index (χ0) is 9.28. The molecule has 3 heteroatoms. The highest BCUT2D eigenvalue weighted by molar-refractivity contribution is 4.55. The van der Waals surface area contributed by atoms with E-state index in [0.717, 1.165) is 6.42 Å². The molecule has 0 amide bonds. The van der Waals surface area contributed by atoms with E-state index in [-0.39, 0.29) is 6.61 Å². The second-order valence-corrected chi connectivity index (χ2v) is 2.49. The fourth-order valence-electron chi connectivity index (χ4n) is 0.827. The molecule has 0 saturated carbocycles. The number of hydrogen-bond acceptors (Lipinski definition) is 3. The SMILES string of the molecule is CCC(NC)N(C)C.CCO. The molecule has 0 aliphatic heterocycles. The average Bonchev–Trinajstić information content (AvgIpc) is 1.91. The third-order valence-electron chi connectivity index (χ3n) is 1.34. The minimum atomic E-state index is 0.250. The van der Waals surface area contributed by atoms with E-state index in [9.17, 15) is 0 Å². The molecule has 2 N–H and O–H groups in total. The van der Waals surface area contributed by atoms with Crippen LogP contribution in [0.2, 0.25) is 0 Å². The van der Waals surface area contributed by atoms with Crippen LogP contribution in [-0.2, 0) is 0 Å². The molecule has 0 aromatic carbocycles. The van der Waals surface area contributed by atoms with Crippen LogP contribution in [0.5, 0.6) is 0 Å². The molecule has 0 heterocycles. The molecule has 0 aromatic rings. The largest absolute Gasteiger partial charge is 0.397 e. The van der Waals surface area contributed by atoms with Crippen molar-refractivity contribution in [1.29, 1.82) is 0 Å². The van der Waals surface area contributed by atoms with E-state index in [1.807, 2.05) is 7.05 Å². The molecule has 0 bridgehead atoms. The van der Waals surface area contributed by atoms with Gasteiger partial charge in [0.2, 0.25) is 0 Å². The van der Waals surface area contributed by atoms with Crippen molar-refractivity contribution in [2.45, 2.75) is 26.4 Å². The van der Waals surface area contributed by atoms with Gasteiger partial charge in [0.1, 0.15) is 0 Å². The van der Waals surface area contributed by atoms with Gasteiger partial charge in [0.05, 0.1) is 6.17 Å². The molecular weight excluding hydrogens is 140 g/mol. The second-order valence-electron chi connectivity index (χ2n) is 2.49. The maximum Gasteiger partial charge on any atom is 0.0586 e. The van der Waals surface area contributed by atoms with Gasteiger partial charge in [-0.15, -0.1) is 0 Å². The van der Waals surface area contributed by atoms with Crippen molar-refractivity contribution in [3.05, 3.63) is 0 Å². The van der Waals surface area contributed by atoms with Crippen molar-refractivity contribution in [2.75, 3.05) is 27.7 Å². The van der Waals surface area contributed by atoms with Crippen LogP contribution < -0.4 is 5.32 Å². The summed E-state index contributed by atoms with van der Waals surface area (Å²) >= 11 is 0. The summed E-state index contributed by atoms with van der Waals surface area (Å²) in [7, 11) is 6.13. The molecule has 0 aliphatic rings. The van der Waals surface area contributed by atoms with Crippen molar-refractivity contribution < 1.29 is 5.11 Å². The molecule has 1 unspecified atom stereocenters. The highest BCUT2D eigenvalue weighted by atomic mass is 16.2. The van der Waals surface area contributed by atoms with E-state index in [1.54, 1.807) is 6.92 Å². The van der Waals surface area contributed by atoms with Gasteiger partial charge < -0.3 is 10.4 Å². The number of aliphatic hydroxyl groups excluding tert-OH is 1. The van der Waals surface area contributed by atoms with E-state index in [4.69, 9.17) is 5.11 Å². The molecule has 0 radical (unpaired) electrons. The fourth-order valence-corrected chi connectivity index (χ4v) is 0.827. The first-order valence-corrected chi connectivity index (χ1v) is 4.08. The maximum atomic E-state index is 7.57. The number of nitrogens with zero attached hydrogens (tertiary/aromatic N) is 1. The molecule has 0 saturated heterocycles. The van der Waals surface area contributed by atoms with Crippen LogP contribution in [0.4, 0.5) is 0 Å². The smallest absolute Gasteiger partial charge is 0.0586 e. The first kappa shape index (κ1) is 13.5. The maximum absolute atomic E-state index is 7.57. The van der Waals surface area contributed by atoms with Gasteiger partial charge in [0.25, 0.3) is 0 Å². The summed E-state index contributed by atoms with van der Waals surface area (Å²) in [6, 6.07) is 0. The topological polar surface area (TPSA) is 35.5 Å². The van der Waals surface area contributed by atoms with Gasteiger partial charge in [-0.05, 0) is 34.5 Å². The lowest BCUT2D eigenvalue weighted by Crippen LogP contribution is -2.38. The minimum Gasteiger partial charge on any atom is -0.397 e. The van der Waals surface area contributed by atoms with Gasteiger partial charge in [0.15, 0.2) is 0 Å². The normalized spacial score (nSPS) is 12.3. The molecule has 3 nitrogen and oxygen atoms in total. The molecule has 0 fully saturated rings. The van der Waals surface area contributed by atoms with Crippen molar-refractivity contribution in [3.63, 3.8) is 0 Å². The van der Waals surface area contributed by atoms with Crippen LogP contribution in [0.3, 0.4) is 0 Å². The van der Waals surface area contributed by atoms with Crippen molar-refractivity contribution >= 4 is 0 Å². The molecule has 70 valence electrons. The summed E-state index contributed by atoms with van der Waals surface area (Å²) in [5, 5.41) is 10.7. The van der Waals surface area contributed by atoms with Crippen molar-refractivity contribution in [2.24, 2.45) is 0 Å². The van der Waals surface area contributed by atoms with Crippen molar-refractivity contribution in [3.8, 4) is 0 Å². The van der Waals surface area contributed by atoms with Gasteiger partial charge in [-0.25, -0.2) is 0 Å². The molecule has 0 aliphatic carbocycles. The summed E-state index contributed by atoms with van der Waals surface area (Å²) in [5.41, 5.74) is 0. The summed E-state index contributed by atoms with van der Waals surface area (Å²) in [4.78, 5) is 2.17. The Morgan fingerprint density at radius 2 is 1.73 bits per heavy atom. The third kappa shape index (κ3) is 9.88. The van der Waals surface area contributed by atoms with Gasteiger partial charge in [0, 0.05) is 6.61 Å². The van der Waals surface area contributed by atoms with E-state index in [2.05, 4.69) is 31.2 Å². The van der Waals surface area contributed by atoms with Crippen LogP contribution >= 0.6 is 0 Å². The minimum absolute atomic E-state index is 0.250. The standard InChI is InChI=1S/C6H16N2.C2H6O/c1-5-6(7-2)8(3)4;1-2-3/h6-7H,5H2,1-4H3;3H,2H2,1H3. The fraction of sp³-hybridized carbons (Fsp3) is 1.00. The Kier molecular flexibility index (Phi) is 12.1. The van der Waals surface area contributed by atoms with Gasteiger partial charge in [-0.3, -0.25) is 4.90 Å². The van der Waals surface area contributed by atoms with Crippen LogP contribution in [0.25, 0.3) is 0 Å². The van der Waals surface area contributed by atoms with Crippen LogP contribution in [0, 0.1) is 0 Å². The Labute approximate surface area is 70.4 Å². The lowest BCUT2D eigenvalue weighted by Gasteiger charge is -2.21. The van der Waals surface area contributed by atoms with Gasteiger partial charge >= 0.3 is 0 Å². The predicted molar refractivity (Wildman–Crippen MR) is 49.6 cm³/mol. The third-order valence-corrected chi connectivity index (χ3v) is 1.34. The van der Waals surface area contributed by atoms with Gasteiger partial charge in [-0.1, -0.05) is 6.92 Å². The molecule has 0 aromatic heterocycles. The quantitative estimate of drug-likeness (QED) is 0.593. The second kappa shape index (κ2) is 9.88. The van der Waals surface area contributed by atoms with E-state index >= 15 is 0 Å². The Morgan fingerprint density at radius 3 is 1.73 bits per heavy atom. The predicted octanol–water partition coefficient (Wildman–Crippen LogP) is 0.502. The van der Waals surface area contributed by atoms with E-state index in [1.165, 1.54) is 0 Å². The van der Waals surface area contributed by atoms with E-state index in [0.29, 0.717) is 6.17 Å². The summed E-state index contributed by atoms with van der Waals surface area (Å²) in [5.74, 6) is 0. The zero-order valence-corrected chi connectivity index (χ0v) is 8.39. The van der Waals surface area contributed by atoms with Crippen LogP contribution in [0.15, 0.2) is 0 Å². The monoisotopic (exact) mass is 162 g/mol. The summed E-state index contributed by atoms with van der Waals surface area (Å²) < 4.78 is 0.